The summed E-state index contributed by atoms with van der Waals surface area (Å²) in [6, 6.07) is 7.64. The van der Waals surface area contributed by atoms with Crippen LogP contribution >= 0.6 is 15.9 Å². The minimum atomic E-state index is 0.0260. The molecule has 0 unspecified atom stereocenters. The van der Waals surface area contributed by atoms with E-state index in [1.54, 1.807) is 17.1 Å². The monoisotopic (exact) mass is 384 g/mol. The van der Waals surface area contributed by atoms with Gasteiger partial charge in [-0.25, -0.2) is 14.6 Å². The van der Waals surface area contributed by atoms with Crippen LogP contribution < -0.4 is 0 Å². The first-order chi connectivity index (χ1) is 11.5. The molecule has 3 heterocycles. The Morgan fingerprint density at radius 3 is 2.58 bits per heavy atom. The number of aromatic nitrogens is 4. The molecule has 0 bridgehead atoms. The number of Topliss-reactive ketones (excluding diaryl/α,β-unsaturated/α-hetero) is 1. The predicted molar refractivity (Wildman–Crippen MR) is 95.5 cm³/mol. The number of aryl methyl sites for hydroxylation is 2. The second-order valence-electron chi connectivity index (χ2n) is 5.73. The largest absolute Gasteiger partial charge is 0.294 e. The van der Waals surface area contributed by atoms with E-state index in [2.05, 4.69) is 31.0 Å². The van der Waals surface area contributed by atoms with Crippen LogP contribution in [0.1, 0.15) is 32.9 Å². The molecule has 0 N–H and O–H groups in total. The van der Waals surface area contributed by atoms with Crippen molar-refractivity contribution in [2.24, 2.45) is 0 Å². The zero-order valence-corrected chi connectivity index (χ0v) is 15.3. The summed E-state index contributed by atoms with van der Waals surface area (Å²) in [7, 11) is 0. The summed E-state index contributed by atoms with van der Waals surface area (Å²) >= 11 is 3.34. The maximum absolute atomic E-state index is 12.7. The van der Waals surface area contributed by atoms with Crippen molar-refractivity contribution in [2.45, 2.75) is 27.2 Å². The molecule has 0 atom stereocenters. The zero-order valence-electron chi connectivity index (χ0n) is 13.7. The highest BCUT2D eigenvalue weighted by Crippen LogP contribution is 2.17. The minimum absolute atomic E-state index is 0.0260. The molecule has 3 aromatic heterocycles. The van der Waals surface area contributed by atoms with E-state index in [4.69, 9.17) is 0 Å². The average Bonchev–Trinajstić information content (AvgIpc) is 2.92. The van der Waals surface area contributed by atoms with E-state index < -0.39 is 0 Å². The highest BCUT2D eigenvalue weighted by atomic mass is 79.9. The van der Waals surface area contributed by atoms with Crippen molar-refractivity contribution >= 4 is 21.7 Å². The van der Waals surface area contributed by atoms with Gasteiger partial charge in [-0.15, -0.1) is 0 Å². The third kappa shape index (κ3) is 3.28. The van der Waals surface area contributed by atoms with Crippen LogP contribution in [0.3, 0.4) is 0 Å². The van der Waals surface area contributed by atoms with Gasteiger partial charge in [-0.1, -0.05) is 12.1 Å². The third-order valence-corrected chi connectivity index (χ3v) is 4.38. The van der Waals surface area contributed by atoms with Gasteiger partial charge >= 0.3 is 0 Å². The van der Waals surface area contributed by atoms with Gasteiger partial charge in [-0.05, 0) is 60.0 Å². The minimum Gasteiger partial charge on any atom is -0.294 e. The van der Waals surface area contributed by atoms with E-state index in [-0.39, 0.29) is 5.78 Å². The van der Waals surface area contributed by atoms with Crippen molar-refractivity contribution in [1.29, 1.82) is 0 Å². The topological polar surface area (TPSA) is 60.7 Å². The summed E-state index contributed by atoms with van der Waals surface area (Å²) in [5, 5.41) is 4.33. The van der Waals surface area contributed by atoms with E-state index in [9.17, 15) is 4.79 Å². The summed E-state index contributed by atoms with van der Waals surface area (Å²) in [6.45, 7) is 5.77. The molecule has 3 rings (SSSR count). The van der Waals surface area contributed by atoms with Gasteiger partial charge in [0.05, 0.1) is 17.5 Å². The van der Waals surface area contributed by atoms with Crippen LogP contribution in [-0.4, -0.2) is 25.5 Å². The first-order valence-electron chi connectivity index (χ1n) is 7.58. The molecule has 0 aliphatic rings. The molecule has 122 valence electrons. The Kier molecular flexibility index (Phi) is 4.57. The lowest BCUT2D eigenvalue weighted by molar-refractivity contribution is 0.0992. The Morgan fingerprint density at radius 2 is 1.92 bits per heavy atom. The van der Waals surface area contributed by atoms with Gasteiger partial charge in [-0.3, -0.25) is 4.79 Å². The normalized spacial score (nSPS) is 10.8. The van der Waals surface area contributed by atoms with Crippen LogP contribution in [0.4, 0.5) is 0 Å². The number of halogens is 1. The van der Waals surface area contributed by atoms with Gasteiger partial charge in [0.2, 0.25) is 0 Å². The fourth-order valence-electron chi connectivity index (χ4n) is 2.51. The summed E-state index contributed by atoms with van der Waals surface area (Å²) < 4.78 is 2.46. The first kappa shape index (κ1) is 16.5. The number of rotatable bonds is 4. The van der Waals surface area contributed by atoms with E-state index >= 15 is 0 Å². The van der Waals surface area contributed by atoms with Crippen molar-refractivity contribution < 1.29 is 4.79 Å². The maximum Gasteiger partial charge on any atom is 0.170 e. The Balaban J connectivity index is 1.87. The predicted octanol–water partition coefficient (Wildman–Crippen LogP) is 3.78. The molecule has 3 aromatic rings. The summed E-state index contributed by atoms with van der Waals surface area (Å²) in [6.07, 6.45) is 3.70. The molecule has 0 saturated carbocycles. The van der Waals surface area contributed by atoms with Gasteiger partial charge in [0, 0.05) is 18.3 Å². The molecule has 0 fully saturated rings. The second kappa shape index (κ2) is 6.65. The molecule has 0 spiro atoms. The Bertz CT molecular complexity index is 900. The molecule has 24 heavy (non-hydrogen) atoms. The maximum atomic E-state index is 12.7. The highest BCUT2D eigenvalue weighted by molar-refractivity contribution is 9.10. The van der Waals surface area contributed by atoms with Gasteiger partial charge in [0.25, 0.3) is 0 Å². The molecular weight excluding hydrogens is 368 g/mol. The summed E-state index contributed by atoms with van der Waals surface area (Å²) in [5.74, 6) is 0.733. The Labute approximate surface area is 148 Å². The van der Waals surface area contributed by atoms with Gasteiger partial charge in [0.15, 0.2) is 11.6 Å². The molecule has 0 radical (unpaired) electrons. The number of carbonyl (C=O) groups excluding carboxylic acids is 1. The molecule has 0 aliphatic carbocycles. The van der Waals surface area contributed by atoms with Crippen molar-refractivity contribution in [2.75, 3.05) is 0 Å². The van der Waals surface area contributed by atoms with Crippen molar-refractivity contribution in [3.8, 4) is 5.82 Å². The highest BCUT2D eigenvalue weighted by Gasteiger charge is 2.17. The number of ketones is 1. The van der Waals surface area contributed by atoms with Crippen LogP contribution in [0, 0.1) is 20.8 Å². The Morgan fingerprint density at radius 1 is 1.12 bits per heavy atom. The number of carbonyl (C=O) groups is 1. The van der Waals surface area contributed by atoms with E-state index in [0.29, 0.717) is 17.8 Å². The number of nitrogens with zero attached hydrogens (tertiary/aromatic N) is 4. The zero-order chi connectivity index (χ0) is 17.3. The lowest BCUT2D eigenvalue weighted by atomic mass is 10.0. The molecular formula is C18H17BrN4O. The number of hydrogen-bond donors (Lipinski definition) is 0. The van der Waals surface area contributed by atoms with Gasteiger partial charge in [0.1, 0.15) is 4.60 Å². The van der Waals surface area contributed by atoms with Crippen LogP contribution in [0.15, 0.2) is 41.3 Å². The third-order valence-electron chi connectivity index (χ3n) is 3.94. The van der Waals surface area contributed by atoms with Crippen LogP contribution in [-0.2, 0) is 6.42 Å². The average molecular weight is 385 g/mol. The fraction of sp³-hybridized carbons (Fsp3) is 0.222. The molecule has 5 nitrogen and oxygen atoms in total. The molecule has 0 amide bonds. The summed E-state index contributed by atoms with van der Waals surface area (Å²) in [4.78, 5) is 21.4. The lowest BCUT2D eigenvalue weighted by Crippen LogP contribution is -2.08. The second-order valence-corrected chi connectivity index (χ2v) is 6.54. The SMILES string of the molecule is Cc1ccc(-n2ncc(C(=O)Cc3ccc(Br)nc3C)c2C)nc1. The van der Waals surface area contributed by atoms with Crippen LogP contribution in [0.25, 0.3) is 5.82 Å². The summed E-state index contributed by atoms with van der Waals surface area (Å²) in [5.41, 5.74) is 4.25. The van der Waals surface area contributed by atoms with Gasteiger partial charge < -0.3 is 0 Å². The first-order valence-corrected chi connectivity index (χ1v) is 8.38. The molecule has 0 aromatic carbocycles. The number of pyridine rings is 2. The lowest BCUT2D eigenvalue weighted by Gasteiger charge is -2.06. The van der Waals surface area contributed by atoms with E-state index in [1.165, 1.54) is 0 Å². The standard InChI is InChI=1S/C18H17BrN4O/c1-11-4-7-18(20-9-11)23-13(3)15(10-21-23)16(24)8-14-5-6-17(19)22-12(14)2/h4-7,9-10H,8H2,1-3H3. The van der Waals surface area contributed by atoms with E-state index in [1.807, 2.05) is 45.0 Å². The van der Waals surface area contributed by atoms with Crippen LogP contribution in [0.2, 0.25) is 0 Å². The van der Waals surface area contributed by atoms with Crippen molar-refractivity contribution in [3.05, 3.63) is 69.3 Å². The molecule has 0 saturated heterocycles. The van der Waals surface area contributed by atoms with Gasteiger partial charge in [-0.2, -0.15) is 5.10 Å². The van der Waals surface area contributed by atoms with Crippen molar-refractivity contribution in [1.82, 2.24) is 19.7 Å². The smallest absolute Gasteiger partial charge is 0.170 e. The van der Waals surface area contributed by atoms with Crippen LogP contribution in [0.5, 0.6) is 0 Å². The fourth-order valence-corrected chi connectivity index (χ4v) is 2.91. The molecule has 0 aliphatic heterocycles. The molecule has 6 heteroatoms. The van der Waals surface area contributed by atoms with Crippen molar-refractivity contribution in [3.63, 3.8) is 0 Å². The Hall–Kier alpha value is -2.34. The van der Waals surface area contributed by atoms with E-state index in [0.717, 1.165) is 27.1 Å². The number of hydrogen-bond acceptors (Lipinski definition) is 4. The quantitative estimate of drug-likeness (QED) is 0.507.